The van der Waals surface area contributed by atoms with Crippen molar-refractivity contribution in [3.8, 4) is 0 Å². The highest BCUT2D eigenvalue weighted by Crippen LogP contribution is 2.19. The standard InChI is InChI=1S/C22H25N3O/c1-14-5-7-18(8-6-14)22(26)24-10-9-23-21-17(4)12-19-11-15(2)16(3)13-20(19)25-21/h5-8,11-13H,9-10H2,1-4H3,(H,23,25)(H,24,26)/p+1. The summed E-state index contributed by atoms with van der Waals surface area (Å²) in [5, 5.41) is 7.54. The molecular formula is C22H26N3O+. The first-order chi connectivity index (χ1) is 12.4. The summed E-state index contributed by atoms with van der Waals surface area (Å²) in [7, 11) is 0. The minimum absolute atomic E-state index is 0.0443. The Labute approximate surface area is 154 Å². The van der Waals surface area contributed by atoms with Gasteiger partial charge >= 0.3 is 0 Å². The molecule has 0 fully saturated rings. The average Bonchev–Trinajstić information content (AvgIpc) is 2.61. The Morgan fingerprint density at radius 1 is 0.885 bits per heavy atom. The number of carbonyl (C=O) groups is 1. The fraction of sp³-hybridized carbons (Fsp3) is 0.273. The Hall–Kier alpha value is -2.88. The Kier molecular flexibility index (Phi) is 5.21. The summed E-state index contributed by atoms with van der Waals surface area (Å²) in [6, 6.07) is 14.2. The number of nitrogens with one attached hydrogen (secondary N) is 3. The van der Waals surface area contributed by atoms with Crippen molar-refractivity contribution in [3.63, 3.8) is 0 Å². The van der Waals surface area contributed by atoms with Crippen LogP contribution in [-0.4, -0.2) is 19.0 Å². The number of hydrogen-bond donors (Lipinski definition) is 2. The van der Waals surface area contributed by atoms with Gasteiger partial charge in [0.1, 0.15) is 12.1 Å². The van der Waals surface area contributed by atoms with E-state index in [9.17, 15) is 4.79 Å². The summed E-state index contributed by atoms with van der Waals surface area (Å²) in [5.74, 6) is 0.947. The summed E-state index contributed by atoms with van der Waals surface area (Å²) in [5.41, 5.74) is 6.68. The predicted molar refractivity (Wildman–Crippen MR) is 107 cm³/mol. The Bertz CT molecular complexity index is 946. The van der Waals surface area contributed by atoms with Crippen LogP contribution in [0, 0.1) is 27.7 Å². The smallest absolute Gasteiger partial charge is 0.275 e. The van der Waals surface area contributed by atoms with Gasteiger partial charge in [-0.3, -0.25) is 10.1 Å². The molecule has 26 heavy (non-hydrogen) atoms. The largest absolute Gasteiger partial charge is 0.348 e. The topological polar surface area (TPSA) is 55.3 Å². The molecule has 0 saturated carbocycles. The molecule has 0 unspecified atom stereocenters. The van der Waals surface area contributed by atoms with Crippen LogP contribution in [0.2, 0.25) is 0 Å². The van der Waals surface area contributed by atoms with Crippen molar-refractivity contribution in [2.75, 3.05) is 18.4 Å². The van der Waals surface area contributed by atoms with Crippen LogP contribution < -0.4 is 15.6 Å². The van der Waals surface area contributed by atoms with E-state index in [0.29, 0.717) is 18.7 Å². The van der Waals surface area contributed by atoms with Gasteiger partial charge in [0.25, 0.3) is 11.7 Å². The van der Waals surface area contributed by atoms with Gasteiger partial charge < -0.3 is 5.32 Å². The van der Waals surface area contributed by atoms with Crippen LogP contribution in [0.15, 0.2) is 42.5 Å². The second-order valence-corrected chi connectivity index (χ2v) is 6.90. The molecule has 134 valence electrons. The van der Waals surface area contributed by atoms with Crippen molar-refractivity contribution in [2.24, 2.45) is 0 Å². The third-order valence-electron chi connectivity index (χ3n) is 4.72. The quantitative estimate of drug-likeness (QED) is 0.690. The number of aromatic nitrogens is 1. The van der Waals surface area contributed by atoms with Crippen molar-refractivity contribution < 1.29 is 9.78 Å². The van der Waals surface area contributed by atoms with Crippen LogP contribution in [-0.2, 0) is 0 Å². The van der Waals surface area contributed by atoms with Crippen LogP contribution in [0.1, 0.15) is 32.6 Å². The van der Waals surface area contributed by atoms with E-state index in [1.54, 1.807) is 0 Å². The molecular weight excluding hydrogens is 322 g/mol. The highest BCUT2D eigenvalue weighted by atomic mass is 16.1. The van der Waals surface area contributed by atoms with Crippen LogP contribution >= 0.6 is 0 Å². The zero-order chi connectivity index (χ0) is 18.7. The number of anilines is 1. The zero-order valence-corrected chi connectivity index (χ0v) is 15.9. The lowest BCUT2D eigenvalue weighted by atomic mass is 10.1. The molecule has 0 aliphatic rings. The molecule has 4 nitrogen and oxygen atoms in total. The minimum atomic E-state index is -0.0443. The molecule has 0 saturated heterocycles. The maximum absolute atomic E-state index is 12.1. The number of H-pyrrole nitrogens is 1. The molecule has 0 radical (unpaired) electrons. The lowest BCUT2D eigenvalue weighted by molar-refractivity contribution is -0.327. The second kappa shape index (κ2) is 7.56. The second-order valence-electron chi connectivity index (χ2n) is 6.90. The summed E-state index contributed by atoms with van der Waals surface area (Å²) in [6.45, 7) is 9.56. The number of aryl methyl sites for hydroxylation is 4. The van der Waals surface area contributed by atoms with Crippen molar-refractivity contribution in [1.82, 2.24) is 5.32 Å². The van der Waals surface area contributed by atoms with E-state index >= 15 is 0 Å². The number of aromatic amines is 1. The Morgan fingerprint density at radius 3 is 2.27 bits per heavy atom. The summed E-state index contributed by atoms with van der Waals surface area (Å²) >= 11 is 0. The van der Waals surface area contributed by atoms with Gasteiger partial charge in [-0.2, -0.15) is 0 Å². The van der Waals surface area contributed by atoms with E-state index in [-0.39, 0.29) is 5.91 Å². The van der Waals surface area contributed by atoms with Crippen LogP contribution in [0.3, 0.4) is 0 Å². The summed E-state index contributed by atoms with van der Waals surface area (Å²) < 4.78 is 0. The van der Waals surface area contributed by atoms with E-state index < -0.39 is 0 Å². The van der Waals surface area contributed by atoms with Crippen molar-refractivity contribution in [2.45, 2.75) is 27.7 Å². The molecule has 3 aromatic rings. The number of amides is 1. The highest BCUT2D eigenvalue weighted by molar-refractivity contribution is 5.94. The molecule has 4 heteroatoms. The van der Waals surface area contributed by atoms with Crippen molar-refractivity contribution >= 4 is 22.6 Å². The van der Waals surface area contributed by atoms with E-state index in [4.69, 9.17) is 0 Å². The van der Waals surface area contributed by atoms with Gasteiger partial charge in [-0.1, -0.05) is 17.7 Å². The molecule has 3 rings (SSSR count). The third kappa shape index (κ3) is 4.02. The van der Waals surface area contributed by atoms with E-state index in [0.717, 1.165) is 22.5 Å². The molecule has 0 atom stereocenters. The van der Waals surface area contributed by atoms with Gasteiger partial charge in [-0.15, -0.1) is 0 Å². The highest BCUT2D eigenvalue weighted by Gasteiger charge is 2.11. The lowest BCUT2D eigenvalue weighted by Crippen LogP contribution is -2.30. The van der Waals surface area contributed by atoms with Crippen LogP contribution in [0.5, 0.6) is 0 Å². The number of benzene rings is 2. The number of rotatable bonds is 5. The normalized spacial score (nSPS) is 10.8. The number of pyridine rings is 1. The van der Waals surface area contributed by atoms with Gasteiger partial charge in [0.05, 0.1) is 6.54 Å². The summed E-state index contributed by atoms with van der Waals surface area (Å²) in [6.07, 6.45) is 0. The minimum Gasteiger partial charge on any atom is -0.348 e. The SMILES string of the molecule is Cc1ccc(C(=O)NCCNc2[nH+]c3cc(C)c(C)cc3cc2C)cc1. The Balaban J connectivity index is 1.61. The molecule has 1 amide bonds. The first-order valence-corrected chi connectivity index (χ1v) is 8.96. The van der Waals surface area contributed by atoms with Crippen molar-refractivity contribution in [3.05, 3.63) is 70.3 Å². The van der Waals surface area contributed by atoms with Gasteiger partial charge in [-0.05, 0) is 69.2 Å². The lowest BCUT2D eigenvalue weighted by Gasteiger charge is -2.08. The molecule has 0 bridgehead atoms. The van der Waals surface area contributed by atoms with E-state index in [1.165, 1.54) is 16.5 Å². The number of fused-ring (bicyclic) bond motifs is 1. The van der Waals surface area contributed by atoms with E-state index in [1.807, 2.05) is 31.2 Å². The van der Waals surface area contributed by atoms with E-state index in [2.05, 4.69) is 54.6 Å². The monoisotopic (exact) mass is 348 g/mol. The molecule has 0 aliphatic carbocycles. The maximum atomic E-state index is 12.1. The first kappa shape index (κ1) is 17.9. The summed E-state index contributed by atoms with van der Waals surface area (Å²) in [4.78, 5) is 15.6. The molecule has 1 heterocycles. The number of hydrogen-bond acceptors (Lipinski definition) is 2. The fourth-order valence-electron chi connectivity index (χ4n) is 2.96. The predicted octanol–water partition coefficient (Wildman–Crippen LogP) is 3.73. The first-order valence-electron chi connectivity index (χ1n) is 8.96. The maximum Gasteiger partial charge on any atom is 0.275 e. The zero-order valence-electron chi connectivity index (χ0n) is 15.9. The Morgan fingerprint density at radius 2 is 1.54 bits per heavy atom. The van der Waals surface area contributed by atoms with Crippen molar-refractivity contribution in [1.29, 1.82) is 0 Å². The van der Waals surface area contributed by atoms with Gasteiger partial charge in [0.2, 0.25) is 0 Å². The molecule has 2 aromatic carbocycles. The van der Waals surface area contributed by atoms with Gasteiger partial charge in [0.15, 0.2) is 0 Å². The fourth-order valence-corrected chi connectivity index (χ4v) is 2.96. The van der Waals surface area contributed by atoms with Crippen LogP contribution in [0.25, 0.3) is 10.9 Å². The molecule has 0 aliphatic heterocycles. The number of carbonyl (C=O) groups excluding carboxylic acids is 1. The molecule has 0 spiro atoms. The van der Waals surface area contributed by atoms with Gasteiger partial charge in [0, 0.05) is 16.5 Å². The average molecular weight is 348 g/mol. The van der Waals surface area contributed by atoms with Crippen LogP contribution in [0.4, 0.5) is 5.82 Å². The molecule has 1 aromatic heterocycles. The molecule has 3 N–H and O–H groups in total. The van der Waals surface area contributed by atoms with Gasteiger partial charge in [-0.25, -0.2) is 4.98 Å². The third-order valence-corrected chi connectivity index (χ3v) is 4.72.